The van der Waals surface area contributed by atoms with Gasteiger partial charge in [-0.15, -0.1) is 0 Å². The fourth-order valence-corrected chi connectivity index (χ4v) is 3.53. The predicted octanol–water partition coefficient (Wildman–Crippen LogP) is 2.14. The van der Waals surface area contributed by atoms with Crippen LogP contribution in [0.4, 0.5) is 0 Å². The highest BCUT2D eigenvalue weighted by Gasteiger charge is 2.35. The van der Waals surface area contributed by atoms with Crippen LogP contribution in [0.2, 0.25) is 0 Å². The van der Waals surface area contributed by atoms with Crippen molar-refractivity contribution in [3.8, 4) is 0 Å². The molecule has 0 aliphatic carbocycles. The number of aryl methyl sites for hydroxylation is 2. The Morgan fingerprint density at radius 1 is 1.40 bits per heavy atom. The van der Waals surface area contributed by atoms with Crippen molar-refractivity contribution in [3.05, 3.63) is 35.4 Å². The quantitative estimate of drug-likeness (QED) is 0.914. The summed E-state index contributed by atoms with van der Waals surface area (Å²) in [5, 5.41) is 3.55. The van der Waals surface area contributed by atoms with Crippen LogP contribution >= 0.6 is 0 Å². The lowest BCUT2D eigenvalue weighted by Gasteiger charge is -2.24. The third kappa shape index (κ3) is 3.04. The number of rotatable bonds is 3. The van der Waals surface area contributed by atoms with Crippen molar-refractivity contribution in [3.63, 3.8) is 0 Å². The molecule has 0 radical (unpaired) electrons. The molecule has 2 saturated heterocycles. The Hall–Kier alpha value is -1.35. The maximum atomic E-state index is 12.3. The summed E-state index contributed by atoms with van der Waals surface area (Å²) >= 11 is 0. The second-order valence-corrected chi connectivity index (χ2v) is 6.25. The Morgan fingerprint density at radius 3 is 3.10 bits per heavy atom. The number of benzene rings is 1. The normalized spacial score (nSPS) is 25.6. The van der Waals surface area contributed by atoms with Crippen molar-refractivity contribution < 1.29 is 4.79 Å². The first-order valence-corrected chi connectivity index (χ1v) is 7.79. The molecule has 3 heteroatoms. The van der Waals surface area contributed by atoms with Gasteiger partial charge in [0, 0.05) is 25.6 Å². The van der Waals surface area contributed by atoms with E-state index in [9.17, 15) is 4.79 Å². The van der Waals surface area contributed by atoms with E-state index in [4.69, 9.17) is 0 Å². The summed E-state index contributed by atoms with van der Waals surface area (Å²) in [5.41, 5.74) is 2.54. The van der Waals surface area contributed by atoms with Gasteiger partial charge in [0.05, 0.1) is 0 Å². The van der Waals surface area contributed by atoms with Gasteiger partial charge in [-0.1, -0.05) is 29.8 Å². The molecular weight excluding hydrogens is 248 g/mol. The Bertz CT molecular complexity index is 472. The molecule has 0 aromatic heterocycles. The number of fused-ring (bicyclic) bond motifs is 1. The van der Waals surface area contributed by atoms with Crippen molar-refractivity contribution in [2.75, 3.05) is 19.6 Å². The summed E-state index contributed by atoms with van der Waals surface area (Å²) < 4.78 is 0. The average Bonchev–Trinajstić information content (AvgIpc) is 2.89. The molecule has 1 aromatic carbocycles. The van der Waals surface area contributed by atoms with Crippen LogP contribution in [-0.4, -0.2) is 36.5 Å². The summed E-state index contributed by atoms with van der Waals surface area (Å²) in [6.45, 7) is 5.09. The molecule has 0 saturated carbocycles. The standard InChI is InChI=1S/C17H24N2O/c1-13-4-2-5-14(10-13)7-8-17(20)19-11-15-6-3-9-18-16(15)12-19/h2,4-5,10,15-16,18H,3,6-9,11-12H2,1H3/t15-,16+/m0/s1. The molecule has 108 valence electrons. The van der Waals surface area contributed by atoms with E-state index in [0.29, 0.717) is 24.3 Å². The van der Waals surface area contributed by atoms with Gasteiger partial charge in [0.15, 0.2) is 0 Å². The van der Waals surface area contributed by atoms with Gasteiger partial charge in [0.2, 0.25) is 5.91 Å². The summed E-state index contributed by atoms with van der Waals surface area (Å²) in [6.07, 6.45) is 4.04. The smallest absolute Gasteiger partial charge is 0.222 e. The number of carbonyl (C=O) groups is 1. The number of likely N-dealkylation sites (tertiary alicyclic amines) is 1. The number of hydrogen-bond donors (Lipinski definition) is 1. The van der Waals surface area contributed by atoms with Crippen LogP contribution in [-0.2, 0) is 11.2 Å². The lowest BCUT2D eigenvalue weighted by Crippen LogP contribution is -2.41. The Morgan fingerprint density at radius 2 is 2.30 bits per heavy atom. The van der Waals surface area contributed by atoms with E-state index in [1.807, 2.05) is 0 Å². The van der Waals surface area contributed by atoms with E-state index < -0.39 is 0 Å². The Kier molecular flexibility index (Phi) is 4.06. The van der Waals surface area contributed by atoms with Gasteiger partial charge in [-0.2, -0.15) is 0 Å². The third-order valence-electron chi connectivity index (χ3n) is 4.66. The van der Waals surface area contributed by atoms with Gasteiger partial charge in [0.25, 0.3) is 0 Å². The highest BCUT2D eigenvalue weighted by atomic mass is 16.2. The summed E-state index contributed by atoms with van der Waals surface area (Å²) in [5.74, 6) is 1.01. The average molecular weight is 272 g/mol. The van der Waals surface area contributed by atoms with Crippen LogP contribution < -0.4 is 5.32 Å². The lowest BCUT2D eigenvalue weighted by molar-refractivity contribution is -0.130. The van der Waals surface area contributed by atoms with Gasteiger partial charge >= 0.3 is 0 Å². The molecular formula is C17H24N2O. The molecule has 1 amide bonds. The molecule has 1 aromatic rings. The van der Waals surface area contributed by atoms with Gasteiger partial charge in [0.1, 0.15) is 0 Å². The predicted molar refractivity (Wildman–Crippen MR) is 80.6 cm³/mol. The SMILES string of the molecule is Cc1cccc(CCC(=O)N2C[C@@H]3CCCN[C@@H]3C2)c1. The molecule has 2 aliphatic heterocycles. The molecule has 2 heterocycles. The lowest BCUT2D eigenvalue weighted by atomic mass is 9.94. The van der Waals surface area contributed by atoms with Gasteiger partial charge < -0.3 is 10.2 Å². The van der Waals surface area contributed by atoms with E-state index in [0.717, 1.165) is 26.1 Å². The van der Waals surface area contributed by atoms with Crippen LogP contribution in [0, 0.1) is 12.8 Å². The van der Waals surface area contributed by atoms with Gasteiger partial charge in [-0.05, 0) is 44.2 Å². The van der Waals surface area contributed by atoms with Crippen molar-refractivity contribution >= 4 is 5.91 Å². The van der Waals surface area contributed by atoms with E-state index >= 15 is 0 Å². The molecule has 2 aliphatic rings. The zero-order chi connectivity index (χ0) is 13.9. The van der Waals surface area contributed by atoms with E-state index in [-0.39, 0.29) is 0 Å². The van der Waals surface area contributed by atoms with Crippen LogP contribution in [0.15, 0.2) is 24.3 Å². The highest BCUT2D eigenvalue weighted by Crippen LogP contribution is 2.25. The van der Waals surface area contributed by atoms with Crippen molar-refractivity contribution in [1.82, 2.24) is 10.2 Å². The number of piperidine rings is 1. The topological polar surface area (TPSA) is 32.3 Å². The first-order chi connectivity index (χ1) is 9.72. The molecule has 0 bridgehead atoms. The summed E-state index contributed by atoms with van der Waals surface area (Å²) in [7, 11) is 0. The van der Waals surface area contributed by atoms with Crippen molar-refractivity contribution in [2.45, 2.75) is 38.6 Å². The molecule has 2 fully saturated rings. The van der Waals surface area contributed by atoms with Gasteiger partial charge in [-0.3, -0.25) is 4.79 Å². The monoisotopic (exact) mass is 272 g/mol. The number of hydrogen-bond acceptors (Lipinski definition) is 2. The van der Waals surface area contributed by atoms with E-state index in [1.54, 1.807) is 0 Å². The second-order valence-electron chi connectivity index (χ2n) is 6.25. The largest absolute Gasteiger partial charge is 0.341 e. The minimum atomic E-state index is 0.322. The molecule has 2 atom stereocenters. The van der Waals surface area contributed by atoms with Crippen molar-refractivity contribution in [2.24, 2.45) is 5.92 Å². The van der Waals surface area contributed by atoms with Crippen LogP contribution in [0.3, 0.4) is 0 Å². The first-order valence-electron chi connectivity index (χ1n) is 7.79. The summed E-state index contributed by atoms with van der Waals surface area (Å²) in [6, 6.07) is 9.02. The molecule has 20 heavy (non-hydrogen) atoms. The molecule has 0 spiro atoms. The maximum Gasteiger partial charge on any atom is 0.222 e. The van der Waals surface area contributed by atoms with E-state index in [2.05, 4.69) is 41.4 Å². The Balaban J connectivity index is 1.52. The zero-order valence-corrected chi connectivity index (χ0v) is 12.3. The van der Waals surface area contributed by atoms with E-state index in [1.165, 1.54) is 24.0 Å². The van der Waals surface area contributed by atoms with Crippen LogP contribution in [0.5, 0.6) is 0 Å². The number of nitrogens with zero attached hydrogens (tertiary/aromatic N) is 1. The molecule has 3 nitrogen and oxygen atoms in total. The third-order valence-corrected chi connectivity index (χ3v) is 4.66. The minimum absolute atomic E-state index is 0.322. The fraction of sp³-hybridized carbons (Fsp3) is 0.588. The van der Waals surface area contributed by atoms with Gasteiger partial charge in [-0.25, -0.2) is 0 Å². The maximum absolute atomic E-state index is 12.3. The molecule has 3 rings (SSSR count). The Labute approximate surface area is 121 Å². The highest BCUT2D eigenvalue weighted by molar-refractivity contribution is 5.77. The molecule has 0 unspecified atom stereocenters. The van der Waals surface area contributed by atoms with Crippen molar-refractivity contribution in [1.29, 1.82) is 0 Å². The number of amides is 1. The summed E-state index contributed by atoms with van der Waals surface area (Å²) in [4.78, 5) is 14.4. The minimum Gasteiger partial charge on any atom is -0.341 e. The molecule has 1 N–H and O–H groups in total. The van der Waals surface area contributed by atoms with Crippen LogP contribution in [0.25, 0.3) is 0 Å². The second kappa shape index (κ2) is 5.96. The number of carbonyl (C=O) groups excluding carboxylic acids is 1. The fourth-order valence-electron chi connectivity index (χ4n) is 3.53. The first kappa shape index (κ1) is 13.6. The number of nitrogens with one attached hydrogen (secondary N) is 1. The zero-order valence-electron chi connectivity index (χ0n) is 12.3. The van der Waals surface area contributed by atoms with Crippen LogP contribution in [0.1, 0.15) is 30.4 Å².